The highest BCUT2D eigenvalue weighted by Crippen LogP contribution is 2.30. The molecule has 1 atom stereocenters. The molecule has 9 heteroatoms. The predicted molar refractivity (Wildman–Crippen MR) is 112 cm³/mol. The average molecular weight is 437 g/mol. The summed E-state index contributed by atoms with van der Waals surface area (Å²) < 4.78 is 48.4. The number of rotatable bonds is 5. The lowest BCUT2D eigenvalue weighted by Gasteiger charge is -2.29. The van der Waals surface area contributed by atoms with Crippen LogP contribution in [0, 0.1) is 0 Å². The van der Waals surface area contributed by atoms with E-state index in [1.54, 1.807) is 30.3 Å². The van der Waals surface area contributed by atoms with E-state index in [2.05, 4.69) is 5.32 Å². The quantitative estimate of drug-likeness (QED) is 0.775. The van der Waals surface area contributed by atoms with Crippen LogP contribution in [0.25, 0.3) is 0 Å². The number of hydrogen-bond acceptors (Lipinski definition) is 5. The number of sulfone groups is 1. The number of aryl methyl sites for hydroxylation is 1. The Hall–Kier alpha value is -2.39. The van der Waals surface area contributed by atoms with Gasteiger partial charge < -0.3 is 5.32 Å². The van der Waals surface area contributed by atoms with Crippen molar-refractivity contribution in [2.75, 3.05) is 23.4 Å². The molecule has 0 saturated carbocycles. The molecule has 2 aromatic carbocycles. The van der Waals surface area contributed by atoms with Crippen LogP contribution in [-0.4, -0.2) is 41.8 Å². The van der Waals surface area contributed by atoms with Crippen molar-refractivity contribution in [3.8, 4) is 0 Å². The fourth-order valence-corrected chi connectivity index (χ4v) is 5.04. The molecule has 0 bridgehead atoms. The van der Waals surface area contributed by atoms with Gasteiger partial charge >= 0.3 is 0 Å². The highest BCUT2D eigenvalue weighted by atomic mass is 32.2. The number of hydrogen-bond donors (Lipinski definition) is 1. The van der Waals surface area contributed by atoms with Gasteiger partial charge in [-0.1, -0.05) is 12.1 Å². The van der Waals surface area contributed by atoms with Crippen LogP contribution < -0.4 is 9.62 Å². The normalized spacial score (nSPS) is 15.5. The number of benzene rings is 2. The predicted octanol–water partition coefficient (Wildman–Crippen LogP) is 2.29. The molecule has 7 nitrogen and oxygen atoms in total. The number of carbonyl (C=O) groups excluding carboxylic acids is 1. The van der Waals surface area contributed by atoms with Crippen molar-refractivity contribution in [3.05, 3.63) is 59.2 Å². The first kappa shape index (κ1) is 21.3. The zero-order chi connectivity index (χ0) is 21.4. The molecule has 1 aliphatic rings. The third kappa shape index (κ3) is 4.79. The maximum Gasteiger partial charge on any atom is 0.251 e. The fourth-order valence-electron chi connectivity index (χ4n) is 3.42. The molecular formula is C20H24N2O5S2. The number of nitrogens with one attached hydrogen (secondary N) is 1. The Labute approximate surface area is 171 Å². The second-order valence-corrected chi connectivity index (χ2v) is 11.2. The minimum absolute atomic E-state index is 0.227. The van der Waals surface area contributed by atoms with Crippen LogP contribution in [-0.2, 0) is 26.3 Å². The maximum absolute atomic E-state index is 12.7. The molecule has 0 saturated heterocycles. The van der Waals surface area contributed by atoms with Gasteiger partial charge in [-0.05, 0) is 61.2 Å². The maximum atomic E-state index is 12.7. The molecule has 1 amide bonds. The van der Waals surface area contributed by atoms with Crippen LogP contribution in [0.5, 0.6) is 0 Å². The van der Waals surface area contributed by atoms with E-state index in [9.17, 15) is 21.6 Å². The lowest BCUT2D eigenvalue weighted by atomic mass is 10.00. The van der Waals surface area contributed by atoms with E-state index < -0.39 is 19.9 Å². The Kier molecular flexibility index (Phi) is 5.73. The van der Waals surface area contributed by atoms with Gasteiger partial charge in [0.2, 0.25) is 10.0 Å². The van der Waals surface area contributed by atoms with Crippen molar-refractivity contribution >= 4 is 31.5 Å². The minimum Gasteiger partial charge on any atom is -0.346 e. The van der Waals surface area contributed by atoms with E-state index in [4.69, 9.17) is 0 Å². The molecular weight excluding hydrogens is 412 g/mol. The van der Waals surface area contributed by atoms with E-state index >= 15 is 0 Å². The molecule has 2 aromatic rings. The van der Waals surface area contributed by atoms with Gasteiger partial charge in [0.15, 0.2) is 9.84 Å². The molecule has 0 aromatic heterocycles. The molecule has 1 heterocycles. The molecule has 0 fully saturated rings. The van der Waals surface area contributed by atoms with Gasteiger partial charge in [-0.25, -0.2) is 16.8 Å². The lowest BCUT2D eigenvalue weighted by molar-refractivity contribution is 0.0939. The van der Waals surface area contributed by atoms with Crippen LogP contribution in [0.4, 0.5) is 5.69 Å². The molecule has 156 valence electrons. The molecule has 0 radical (unpaired) electrons. The van der Waals surface area contributed by atoms with Crippen LogP contribution in [0.15, 0.2) is 47.4 Å². The second-order valence-electron chi connectivity index (χ2n) is 7.32. The number of anilines is 1. The average Bonchev–Trinajstić information content (AvgIpc) is 2.65. The second kappa shape index (κ2) is 7.79. The minimum atomic E-state index is -3.35. The smallest absolute Gasteiger partial charge is 0.251 e. The number of sulfonamides is 1. The van der Waals surface area contributed by atoms with Crippen molar-refractivity contribution in [3.63, 3.8) is 0 Å². The van der Waals surface area contributed by atoms with Gasteiger partial charge in [0.25, 0.3) is 5.91 Å². The third-order valence-electron chi connectivity index (χ3n) is 4.97. The molecule has 3 rings (SSSR count). The van der Waals surface area contributed by atoms with Crippen molar-refractivity contribution in [2.24, 2.45) is 0 Å². The Bertz CT molecular complexity index is 1140. The summed E-state index contributed by atoms with van der Waals surface area (Å²) in [5.41, 5.74) is 2.70. The van der Waals surface area contributed by atoms with E-state index in [1.165, 1.54) is 22.7 Å². The topological polar surface area (TPSA) is 101 Å². The first-order valence-electron chi connectivity index (χ1n) is 9.18. The SMILES string of the molecule is CC(NC(=O)c1ccc2c(c1)CCCN2S(C)(=O)=O)c1ccc(S(C)(=O)=O)cc1. The van der Waals surface area contributed by atoms with E-state index in [1.807, 2.05) is 6.92 Å². The lowest BCUT2D eigenvalue weighted by Crippen LogP contribution is -2.35. The van der Waals surface area contributed by atoms with Gasteiger partial charge in [-0.2, -0.15) is 0 Å². The Balaban J connectivity index is 1.77. The fraction of sp³-hybridized carbons (Fsp3) is 0.350. The first-order valence-corrected chi connectivity index (χ1v) is 12.9. The summed E-state index contributed by atoms with van der Waals surface area (Å²) in [7, 11) is -6.62. The number of nitrogens with zero attached hydrogens (tertiary/aromatic N) is 1. The standard InChI is InChI=1S/C20H24N2O5S2/c1-14(15-6-9-18(10-7-15)28(2,24)25)21-20(23)17-8-11-19-16(13-17)5-4-12-22(19)29(3,26)27/h6-11,13-14H,4-5,12H2,1-3H3,(H,21,23). The molecule has 1 unspecified atom stereocenters. The van der Waals surface area contributed by atoms with Crippen LogP contribution >= 0.6 is 0 Å². The van der Waals surface area contributed by atoms with Crippen molar-refractivity contribution in [1.82, 2.24) is 5.32 Å². The first-order chi connectivity index (χ1) is 13.5. The van der Waals surface area contributed by atoms with Crippen molar-refractivity contribution in [1.29, 1.82) is 0 Å². The van der Waals surface area contributed by atoms with Crippen LogP contribution in [0.2, 0.25) is 0 Å². The Morgan fingerprint density at radius 1 is 1.03 bits per heavy atom. The van der Waals surface area contributed by atoms with Gasteiger partial charge in [-0.3, -0.25) is 9.10 Å². The Morgan fingerprint density at radius 3 is 2.28 bits per heavy atom. The van der Waals surface area contributed by atoms with Crippen molar-refractivity contribution < 1.29 is 21.6 Å². The monoisotopic (exact) mass is 436 g/mol. The van der Waals surface area contributed by atoms with Gasteiger partial charge in [0.05, 0.1) is 22.9 Å². The van der Waals surface area contributed by atoms with Gasteiger partial charge in [0, 0.05) is 18.4 Å². The van der Waals surface area contributed by atoms with E-state index in [-0.39, 0.29) is 16.8 Å². The summed E-state index contributed by atoms with van der Waals surface area (Å²) in [6.07, 6.45) is 3.74. The zero-order valence-corrected chi connectivity index (χ0v) is 18.2. The number of fused-ring (bicyclic) bond motifs is 1. The van der Waals surface area contributed by atoms with E-state index in [0.29, 0.717) is 30.6 Å². The number of amides is 1. The summed E-state index contributed by atoms with van der Waals surface area (Å²) in [5, 5.41) is 2.90. The van der Waals surface area contributed by atoms with Crippen molar-refractivity contribution in [2.45, 2.75) is 30.7 Å². The summed E-state index contributed by atoms with van der Waals surface area (Å²) >= 11 is 0. The van der Waals surface area contributed by atoms with Gasteiger partial charge in [0.1, 0.15) is 0 Å². The number of carbonyl (C=O) groups is 1. The highest BCUT2D eigenvalue weighted by molar-refractivity contribution is 7.92. The molecule has 0 aliphatic carbocycles. The molecule has 1 N–H and O–H groups in total. The third-order valence-corrected chi connectivity index (χ3v) is 7.28. The van der Waals surface area contributed by atoms with Crippen LogP contribution in [0.1, 0.15) is 40.9 Å². The summed E-state index contributed by atoms with van der Waals surface area (Å²) in [6, 6.07) is 11.1. The highest BCUT2D eigenvalue weighted by Gasteiger charge is 2.25. The summed E-state index contributed by atoms with van der Waals surface area (Å²) in [5.74, 6) is -0.274. The summed E-state index contributed by atoms with van der Waals surface area (Å²) in [4.78, 5) is 12.9. The summed E-state index contributed by atoms with van der Waals surface area (Å²) in [6.45, 7) is 2.26. The van der Waals surface area contributed by atoms with Gasteiger partial charge in [-0.15, -0.1) is 0 Å². The molecule has 29 heavy (non-hydrogen) atoms. The van der Waals surface area contributed by atoms with E-state index in [0.717, 1.165) is 17.4 Å². The molecule has 0 spiro atoms. The Morgan fingerprint density at radius 2 is 1.69 bits per heavy atom. The largest absolute Gasteiger partial charge is 0.346 e. The molecule has 1 aliphatic heterocycles. The van der Waals surface area contributed by atoms with Crippen LogP contribution in [0.3, 0.4) is 0 Å². The zero-order valence-electron chi connectivity index (χ0n) is 16.5.